The van der Waals surface area contributed by atoms with Gasteiger partial charge in [0.25, 0.3) is 0 Å². The van der Waals surface area contributed by atoms with Crippen molar-refractivity contribution in [2.75, 3.05) is 4.90 Å². The molecular formula is C53H41NS. The Bertz CT molecular complexity index is 2780. The van der Waals surface area contributed by atoms with Crippen LogP contribution in [-0.4, -0.2) is 0 Å². The van der Waals surface area contributed by atoms with Crippen molar-refractivity contribution >= 4 is 59.3 Å². The minimum atomic E-state index is 0.670. The van der Waals surface area contributed by atoms with Crippen molar-refractivity contribution in [3.63, 3.8) is 0 Å². The lowest BCUT2D eigenvalue weighted by Crippen LogP contribution is -2.12. The van der Waals surface area contributed by atoms with E-state index in [0.717, 1.165) is 17.5 Å². The molecule has 2 bridgehead atoms. The Balaban J connectivity index is 1.09. The van der Waals surface area contributed by atoms with Crippen LogP contribution in [0.3, 0.4) is 0 Å². The number of rotatable bonds is 7. The van der Waals surface area contributed by atoms with Gasteiger partial charge in [0.05, 0.1) is 5.69 Å². The van der Waals surface area contributed by atoms with E-state index in [1.165, 1.54) is 101 Å². The van der Waals surface area contributed by atoms with Gasteiger partial charge in [-0.25, -0.2) is 0 Å². The third kappa shape index (κ3) is 5.58. The van der Waals surface area contributed by atoms with Crippen LogP contribution in [0.15, 0.2) is 182 Å². The van der Waals surface area contributed by atoms with E-state index in [2.05, 4.69) is 187 Å². The topological polar surface area (TPSA) is 3.24 Å². The van der Waals surface area contributed by atoms with Crippen molar-refractivity contribution in [2.45, 2.75) is 31.6 Å². The van der Waals surface area contributed by atoms with E-state index in [1.54, 1.807) is 5.56 Å². The minimum absolute atomic E-state index is 0.670. The number of fused-ring (bicyclic) bond motifs is 6. The standard InChI is InChI=1S/C53H41NS/c1-3-12-36(13-4-1)42-19-11-20-43(37-14-5-2-6-15-37)53(42)38-24-26-40(27-25-38)54(41-28-29-48-47-18-9-10-21-51(47)55-52(48)34-41)50-31-30-45(44-16-7-8-17-46(44)50)49-33-35-22-23-39(49)32-35/h1-21,24-31,34-35,39,49H,22-23,32-33H2. The van der Waals surface area contributed by atoms with E-state index < -0.39 is 0 Å². The Kier molecular flexibility index (Phi) is 7.92. The lowest BCUT2D eigenvalue weighted by Gasteiger charge is -2.29. The summed E-state index contributed by atoms with van der Waals surface area (Å²) < 4.78 is 2.64. The molecule has 0 aliphatic heterocycles. The normalized spacial score (nSPS) is 17.7. The largest absolute Gasteiger partial charge is 0.310 e. The summed E-state index contributed by atoms with van der Waals surface area (Å²) in [4.78, 5) is 2.50. The second-order valence-corrected chi connectivity index (χ2v) is 16.7. The summed E-state index contributed by atoms with van der Waals surface area (Å²) >= 11 is 1.89. The second-order valence-electron chi connectivity index (χ2n) is 15.6. The molecule has 3 unspecified atom stereocenters. The summed E-state index contributed by atoms with van der Waals surface area (Å²) in [7, 11) is 0. The van der Waals surface area contributed by atoms with Gasteiger partial charge in [-0.3, -0.25) is 0 Å². The highest BCUT2D eigenvalue weighted by Gasteiger charge is 2.40. The molecule has 0 amide bonds. The first kappa shape index (κ1) is 32.5. The molecule has 3 atom stereocenters. The maximum absolute atomic E-state index is 2.50. The quantitative estimate of drug-likeness (QED) is 0.158. The van der Waals surface area contributed by atoms with Gasteiger partial charge < -0.3 is 4.90 Å². The van der Waals surface area contributed by atoms with Crippen molar-refractivity contribution in [1.29, 1.82) is 0 Å². The highest BCUT2D eigenvalue weighted by molar-refractivity contribution is 7.25. The summed E-state index contributed by atoms with van der Waals surface area (Å²) in [5.41, 5.74) is 12.5. The van der Waals surface area contributed by atoms with Gasteiger partial charge in [0.15, 0.2) is 0 Å². The molecule has 0 saturated heterocycles. The van der Waals surface area contributed by atoms with Gasteiger partial charge in [-0.05, 0) is 118 Å². The van der Waals surface area contributed by atoms with E-state index in [-0.39, 0.29) is 0 Å². The minimum Gasteiger partial charge on any atom is -0.310 e. The van der Waals surface area contributed by atoms with Crippen LogP contribution in [0, 0.1) is 11.8 Å². The van der Waals surface area contributed by atoms with Crippen LogP contribution in [0.1, 0.15) is 37.2 Å². The molecule has 8 aromatic carbocycles. The van der Waals surface area contributed by atoms with E-state index in [9.17, 15) is 0 Å². The zero-order valence-electron chi connectivity index (χ0n) is 30.7. The van der Waals surface area contributed by atoms with Crippen LogP contribution in [0.25, 0.3) is 64.3 Å². The molecule has 11 rings (SSSR count). The molecule has 9 aromatic rings. The molecule has 55 heavy (non-hydrogen) atoms. The third-order valence-corrected chi connectivity index (χ3v) is 13.7. The lowest BCUT2D eigenvalue weighted by molar-refractivity contribution is 0.422. The molecule has 0 spiro atoms. The van der Waals surface area contributed by atoms with Crippen LogP contribution in [0.5, 0.6) is 0 Å². The van der Waals surface area contributed by atoms with Crippen molar-refractivity contribution in [2.24, 2.45) is 11.8 Å². The molecule has 2 saturated carbocycles. The molecule has 2 aliphatic carbocycles. The van der Waals surface area contributed by atoms with E-state index in [4.69, 9.17) is 0 Å². The molecule has 1 aromatic heterocycles. The molecule has 2 aliphatic rings. The number of hydrogen-bond donors (Lipinski definition) is 0. The van der Waals surface area contributed by atoms with Crippen LogP contribution in [0.2, 0.25) is 0 Å². The van der Waals surface area contributed by atoms with Crippen molar-refractivity contribution in [3.05, 3.63) is 188 Å². The first-order chi connectivity index (χ1) is 27.3. The first-order valence-corrected chi connectivity index (χ1v) is 20.7. The molecular weight excluding hydrogens is 683 g/mol. The average Bonchev–Trinajstić information content (AvgIpc) is 4.00. The SMILES string of the molecule is c1ccc(-c2cccc(-c3ccccc3)c2-c2ccc(N(c3ccc4c(c3)sc3ccccc34)c3ccc(C4CC5CCC4C5)c4ccccc34)cc2)cc1. The first-order valence-electron chi connectivity index (χ1n) is 19.8. The van der Waals surface area contributed by atoms with Gasteiger partial charge in [0.2, 0.25) is 0 Å². The smallest absolute Gasteiger partial charge is 0.0540 e. The molecule has 1 heterocycles. The summed E-state index contributed by atoms with van der Waals surface area (Å²) in [6.45, 7) is 0. The monoisotopic (exact) mass is 723 g/mol. The fourth-order valence-corrected chi connectivity index (χ4v) is 11.2. The van der Waals surface area contributed by atoms with E-state index >= 15 is 0 Å². The molecule has 0 radical (unpaired) electrons. The van der Waals surface area contributed by atoms with Crippen LogP contribution < -0.4 is 4.90 Å². The molecule has 264 valence electrons. The highest BCUT2D eigenvalue weighted by Crippen LogP contribution is 2.55. The molecule has 0 N–H and O–H groups in total. The number of benzene rings is 8. The summed E-state index contributed by atoms with van der Waals surface area (Å²) in [5.74, 6) is 2.41. The second kappa shape index (κ2) is 13.4. The number of hydrogen-bond acceptors (Lipinski definition) is 2. The Morgan fingerprint density at radius 2 is 1.07 bits per heavy atom. The molecule has 2 fully saturated rings. The van der Waals surface area contributed by atoms with E-state index in [1.807, 2.05) is 11.3 Å². The maximum atomic E-state index is 2.50. The zero-order chi connectivity index (χ0) is 36.3. The zero-order valence-corrected chi connectivity index (χ0v) is 31.6. The maximum Gasteiger partial charge on any atom is 0.0540 e. The fraction of sp³-hybridized carbons (Fsp3) is 0.132. The van der Waals surface area contributed by atoms with Crippen molar-refractivity contribution in [1.82, 2.24) is 0 Å². The summed E-state index contributed by atoms with van der Waals surface area (Å²) in [6.07, 6.45) is 5.56. The predicted octanol–water partition coefficient (Wildman–Crippen LogP) is 15.6. The Labute approximate surface area is 327 Å². The van der Waals surface area contributed by atoms with Gasteiger partial charge in [-0.1, -0.05) is 152 Å². The van der Waals surface area contributed by atoms with Crippen molar-refractivity contribution < 1.29 is 0 Å². The average molecular weight is 724 g/mol. The summed E-state index contributed by atoms with van der Waals surface area (Å²) in [6, 6.07) is 67.6. The summed E-state index contributed by atoms with van der Waals surface area (Å²) in [5, 5.41) is 5.38. The van der Waals surface area contributed by atoms with Gasteiger partial charge in [0.1, 0.15) is 0 Å². The Hall–Kier alpha value is -5.96. The van der Waals surface area contributed by atoms with Crippen LogP contribution in [0.4, 0.5) is 17.1 Å². The molecule has 1 nitrogen and oxygen atoms in total. The van der Waals surface area contributed by atoms with Gasteiger partial charge in [-0.2, -0.15) is 0 Å². The number of anilines is 3. The van der Waals surface area contributed by atoms with E-state index in [0.29, 0.717) is 5.92 Å². The van der Waals surface area contributed by atoms with Gasteiger partial charge in [-0.15, -0.1) is 11.3 Å². The number of thiophene rings is 1. The Morgan fingerprint density at radius 3 is 1.76 bits per heavy atom. The number of nitrogens with zero attached hydrogens (tertiary/aromatic N) is 1. The van der Waals surface area contributed by atoms with Gasteiger partial charge >= 0.3 is 0 Å². The van der Waals surface area contributed by atoms with Crippen molar-refractivity contribution in [3.8, 4) is 33.4 Å². The van der Waals surface area contributed by atoms with Crippen LogP contribution in [-0.2, 0) is 0 Å². The third-order valence-electron chi connectivity index (χ3n) is 12.6. The van der Waals surface area contributed by atoms with Gasteiger partial charge in [0, 0.05) is 36.9 Å². The lowest BCUT2D eigenvalue weighted by atomic mass is 9.81. The predicted molar refractivity (Wildman–Crippen MR) is 236 cm³/mol. The Morgan fingerprint density at radius 1 is 0.436 bits per heavy atom. The fourth-order valence-electron chi connectivity index (χ4n) is 10.1. The molecule has 2 heteroatoms. The highest BCUT2D eigenvalue weighted by atomic mass is 32.1. The van der Waals surface area contributed by atoms with Crippen LogP contribution >= 0.6 is 11.3 Å².